The van der Waals surface area contributed by atoms with Crippen molar-refractivity contribution in [2.45, 2.75) is 32.9 Å². The molecule has 0 unspecified atom stereocenters. The predicted octanol–water partition coefficient (Wildman–Crippen LogP) is 1.90. The normalized spacial score (nSPS) is 16.9. The van der Waals surface area contributed by atoms with Gasteiger partial charge >= 0.3 is 5.97 Å². The second-order valence-electron chi connectivity index (χ2n) is 5.50. The molecule has 2 aromatic rings. The Hall–Kier alpha value is -2.37. The maximum Gasteiger partial charge on any atom is 0.309 e. The summed E-state index contributed by atoms with van der Waals surface area (Å²) >= 11 is 0. The van der Waals surface area contributed by atoms with Gasteiger partial charge in [0.15, 0.2) is 5.82 Å². The quantitative estimate of drug-likeness (QED) is 0.807. The summed E-state index contributed by atoms with van der Waals surface area (Å²) in [5.74, 6) is 2.14. The van der Waals surface area contributed by atoms with Gasteiger partial charge in [0.25, 0.3) is 0 Å². The Kier molecular flexibility index (Phi) is 4.09. The molecule has 0 spiro atoms. The lowest BCUT2D eigenvalue weighted by Gasteiger charge is -2.21. The number of carbonyl (C=O) groups excluding carboxylic acids is 1. The maximum absolute atomic E-state index is 11.6. The fraction of sp³-hybridized carbons (Fsp3) is 0.438. The van der Waals surface area contributed by atoms with Crippen LogP contribution in [0.4, 0.5) is 0 Å². The number of benzene rings is 1. The fourth-order valence-electron chi connectivity index (χ4n) is 2.72. The minimum absolute atomic E-state index is 0.118. The van der Waals surface area contributed by atoms with E-state index in [0.29, 0.717) is 19.6 Å². The largest absolute Gasteiger partial charge is 0.486 e. The lowest BCUT2D eigenvalue weighted by Crippen LogP contribution is -2.27. The average molecular weight is 301 g/mol. The van der Waals surface area contributed by atoms with Crippen molar-refractivity contribution in [1.82, 2.24) is 14.8 Å². The molecule has 116 valence electrons. The van der Waals surface area contributed by atoms with Gasteiger partial charge in [-0.15, -0.1) is 10.2 Å². The molecule has 1 aliphatic heterocycles. The predicted molar refractivity (Wildman–Crippen MR) is 79.4 cm³/mol. The highest BCUT2D eigenvalue weighted by Gasteiger charge is 2.28. The molecule has 0 bridgehead atoms. The van der Waals surface area contributed by atoms with Gasteiger partial charge in [-0.1, -0.05) is 12.1 Å². The molecule has 0 saturated carbocycles. The lowest BCUT2D eigenvalue weighted by atomic mass is 9.98. The van der Waals surface area contributed by atoms with E-state index < -0.39 is 0 Å². The molecule has 0 saturated heterocycles. The molecule has 0 N–H and O–H groups in total. The molecule has 1 atom stereocenters. The van der Waals surface area contributed by atoms with Crippen LogP contribution in [0.1, 0.15) is 23.6 Å². The van der Waals surface area contributed by atoms with Gasteiger partial charge in [0.2, 0.25) is 0 Å². The Morgan fingerprint density at radius 1 is 1.41 bits per heavy atom. The van der Waals surface area contributed by atoms with Gasteiger partial charge in [-0.25, -0.2) is 0 Å². The molecular formula is C16H19N3O3. The van der Waals surface area contributed by atoms with Crippen molar-refractivity contribution in [2.24, 2.45) is 5.92 Å². The first kappa shape index (κ1) is 14.6. The molecule has 22 heavy (non-hydrogen) atoms. The van der Waals surface area contributed by atoms with E-state index in [-0.39, 0.29) is 11.9 Å². The molecule has 2 heterocycles. The summed E-state index contributed by atoms with van der Waals surface area (Å²) in [7, 11) is 1.42. The molecule has 0 aliphatic carbocycles. The summed E-state index contributed by atoms with van der Waals surface area (Å²) in [5.41, 5.74) is 1.15. The number of fused-ring (bicyclic) bond motifs is 1. The number of aromatic nitrogens is 3. The minimum atomic E-state index is -0.174. The van der Waals surface area contributed by atoms with E-state index in [0.717, 1.165) is 29.4 Å². The minimum Gasteiger partial charge on any atom is -0.486 e. The van der Waals surface area contributed by atoms with E-state index in [1.54, 1.807) is 0 Å². The van der Waals surface area contributed by atoms with E-state index in [1.165, 1.54) is 7.11 Å². The number of rotatable bonds is 4. The number of nitrogens with zero attached hydrogens (tertiary/aromatic N) is 3. The van der Waals surface area contributed by atoms with Crippen molar-refractivity contribution in [3.05, 3.63) is 41.5 Å². The monoisotopic (exact) mass is 301 g/mol. The van der Waals surface area contributed by atoms with Crippen LogP contribution >= 0.6 is 0 Å². The molecule has 6 nitrogen and oxygen atoms in total. The van der Waals surface area contributed by atoms with Crippen LogP contribution in [0.5, 0.6) is 5.75 Å². The SMILES string of the molecule is COC(=O)[C@H]1CCn2c(COc3cccc(C)c3)nnc2C1. The van der Waals surface area contributed by atoms with Crippen molar-refractivity contribution in [1.29, 1.82) is 0 Å². The highest BCUT2D eigenvalue weighted by atomic mass is 16.5. The number of hydrogen-bond donors (Lipinski definition) is 0. The van der Waals surface area contributed by atoms with Gasteiger partial charge in [-0.05, 0) is 31.0 Å². The zero-order valence-electron chi connectivity index (χ0n) is 12.8. The van der Waals surface area contributed by atoms with Crippen LogP contribution < -0.4 is 4.74 Å². The maximum atomic E-state index is 11.6. The third-order valence-electron chi connectivity index (χ3n) is 3.93. The molecule has 3 rings (SSSR count). The van der Waals surface area contributed by atoms with E-state index >= 15 is 0 Å². The summed E-state index contributed by atoms with van der Waals surface area (Å²) in [4.78, 5) is 11.6. The van der Waals surface area contributed by atoms with E-state index in [9.17, 15) is 4.79 Å². The number of methoxy groups -OCH3 is 1. The summed E-state index contributed by atoms with van der Waals surface area (Å²) in [6.45, 7) is 3.12. The molecule has 1 aromatic heterocycles. The Morgan fingerprint density at radius 3 is 3.05 bits per heavy atom. The third-order valence-corrected chi connectivity index (χ3v) is 3.93. The first-order valence-electron chi connectivity index (χ1n) is 7.35. The molecular weight excluding hydrogens is 282 g/mol. The Bertz CT molecular complexity index is 681. The van der Waals surface area contributed by atoms with E-state index in [1.807, 2.05) is 35.8 Å². The van der Waals surface area contributed by atoms with Gasteiger partial charge in [-0.3, -0.25) is 4.79 Å². The first-order valence-corrected chi connectivity index (χ1v) is 7.35. The molecule has 1 aromatic carbocycles. The molecule has 6 heteroatoms. The Morgan fingerprint density at radius 2 is 2.27 bits per heavy atom. The third kappa shape index (κ3) is 2.95. The average Bonchev–Trinajstić information content (AvgIpc) is 2.94. The van der Waals surface area contributed by atoms with E-state index in [4.69, 9.17) is 9.47 Å². The van der Waals surface area contributed by atoms with Crippen LogP contribution in [0, 0.1) is 12.8 Å². The summed E-state index contributed by atoms with van der Waals surface area (Å²) in [6.07, 6.45) is 1.32. The van der Waals surface area contributed by atoms with E-state index in [2.05, 4.69) is 10.2 Å². The van der Waals surface area contributed by atoms with Gasteiger partial charge in [0.1, 0.15) is 18.2 Å². The number of esters is 1. The number of hydrogen-bond acceptors (Lipinski definition) is 5. The van der Waals surface area contributed by atoms with Gasteiger partial charge in [0, 0.05) is 13.0 Å². The van der Waals surface area contributed by atoms with Crippen molar-refractivity contribution in [3.8, 4) is 5.75 Å². The second kappa shape index (κ2) is 6.17. The molecule has 0 amide bonds. The molecule has 0 fully saturated rings. The second-order valence-corrected chi connectivity index (χ2v) is 5.50. The van der Waals surface area contributed by atoms with Crippen molar-refractivity contribution >= 4 is 5.97 Å². The number of aryl methyl sites for hydroxylation is 1. The van der Waals surface area contributed by atoms with Crippen LogP contribution in [0.2, 0.25) is 0 Å². The van der Waals surface area contributed by atoms with Crippen molar-refractivity contribution < 1.29 is 14.3 Å². The number of carbonyl (C=O) groups is 1. The molecule has 1 aliphatic rings. The fourth-order valence-corrected chi connectivity index (χ4v) is 2.72. The van der Waals surface area contributed by atoms with Crippen LogP contribution in [-0.2, 0) is 29.1 Å². The summed E-state index contributed by atoms with van der Waals surface area (Å²) in [5, 5.41) is 8.37. The van der Waals surface area contributed by atoms with Crippen LogP contribution in [0.3, 0.4) is 0 Å². The van der Waals surface area contributed by atoms with Crippen molar-refractivity contribution in [2.75, 3.05) is 7.11 Å². The van der Waals surface area contributed by atoms with Gasteiger partial charge < -0.3 is 14.0 Å². The molecule has 0 radical (unpaired) electrons. The summed E-state index contributed by atoms with van der Waals surface area (Å²) < 4.78 is 12.6. The summed E-state index contributed by atoms with van der Waals surface area (Å²) in [6, 6.07) is 7.90. The highest BCUT2D eigenvalue weighted by Crippen LogP contribution is 2.22. The van der Waals surface area contributed by atoms with Crippen molar-refractivity contribution in [3.63, 3.8) is 0 Å². The zero-order chi connectivity index (χ0) is 15.5. The van der Waals surface area contributed by atoms with Crippen LogP contribution in [0.15, 0.2) is 24.3 Å². The smallest absolute Gasteiger partial charge is 0.309 e. The Labute approximate surface area is 129 Å². The standard InChI is InChI=1S/C16H19N3O3/c1-11-4-3-5-13(8-11)22-10-15-18-17-14-9-12(16(20)21-2)6-7-19(14)15/h3-5,8,12H,6-7,9-10H2,1-2H3/t12-/m0/s1. The Balaban J connectivity index is 1.68. The van der Waals surface area contributed by atoms with Gasteiger partial charge in [0.05, 0.1) is 13.0 Å². The lowest BCUT2D eigenvalue weighted by molar-refractivity contribution is -0.146. The van der Waals surface area contributed by atoms with Gasteiger partial charge in [-0.2, -0.15) is 0 Å². The highest BCUT2D eigenvalue weighted by molar-refractivity contribution is 5.72. The topological polar surface area (TPSA) is 66.2 Å². The van der Waals surface area contributed by atoms with Crippen LogP contribution in [0.25, 0.3) is 0 Å². The van der Waals surface area contributed by atoms with Crippen LogP contribution in [-0.4, -0.2) is 27.8 Å². The number of ether oxygens (including phenoxy) is 2. The first-order chi connectivity index (χ1) is 10.7. The zero-order valence-corrected chi connectivity index (χ0v) is 12.8.